The van der Waals surface area contributed by atoms with Crippen molar-refractivity contribution < 1.29 is 14.8 Å². The lowest BCUT2D eigenvalue weighted by Gasteiger charge is -2.36. The number of hydrogen-bond donors (Lipinski definition) is 1. The fraction of sp³-hybridized carbons (Fsp3) is 0.368. The van der Waals surface area contributed by atoms with Crippen LogP contribution in [0.1, 0.15) is 0 Å². The lowest BCUT2D eigenvalue weighted by atomic mass is 10.2. The van der Waals surface area contributed by atoms with Crippen LogP contribution in [0.4, 0.5) is 11.4 Å². The number of piperazine rings is 1. The van der Waals surface area contributed by atoms with E-state index in [-0.39, 0.29) is 12.3 Å². The molecule has 0 saturated carbocycles. The van der Waals surface area contributed by atoms with Gasteiger partial charge in [0.05, 0.1) is 4.92 Å². The number of ether oxygens (including phenoxy) is 1. The molecule has 0 bridgehead atoms. The lowest BCUT2D eigenvalue weighted by Crippen LogP contribution is -2.49. The quantitative estimate of drug-likeness (QED) is 0.577. The van der Waals surface area contributed by atoms with Gasteiger partial charge in [0.25, 0.3) is 5.69 Å². The average Bonchev–Trinajstić information content (AvgIpc) is 2.68. The van der Waals surface area contributed by atoms with Gasteiger partial charge in [-0.1, -0.05) is 11.6 Å². The Morgan fingerprint density at radius 1 is 1.07 bits per heavy atom. The van der Waals surface area contributed by atoms with Crippen LogP contribution < -0.4 is 9.64 Å². The van der Waals surface area contributed by atoms with E-state index >= 15 is 0 Å². The SMILES string of the molecule is O=[N+]([O-])c1ccc(N2CCN(CC(O)COc3ccc(Cl)cc3)CC2)cc1. The van der Waals surface area contributed by atoms with Crippen molar-refractivity contribution in [1.29, 1.82) is 0 Å². The fourth-order valence-corrected chi connectivity index (χ4v) is 3.17. The van der Waals surface area contributed by atoms with Crippen LogP contribution in [0.25, 0.3) is 0 Å². The molecule has 3 rings (SSSR count). The molecular formula is C19H22ClN3O4. The van der Waals surface area contributed by atoms with Gasteiger partial charge in [-0.15, -0.1) is 0 Å². The molecule has 1 unspecified atom stereocenters. The van der Waals surface area contributed by atoms with Gasteiger partial charge in [0, 0.05) is 55.6 Å². The maximum Gasteiger partial charge on any atom is 0.269 e. The summed E-state index contributed by atoms with van der Waals surface area (Å²) >= 11 is 5.84. The highest BCUT2D eigenvalue weighted by Crippen LogP contribution is 2.21. The Balaban J connectivity index is 1.42. The van der Waals surface area contributed by atoms with Crippen LogP contribution in [0.2, 0.25) is 5.02 Å². The van der Waals surface area contributed by atoms with Crippen LogP contribution in [-0.2, 0) is 0 Å². The Kier molecular flexibility index (Phi) is 6.49. The van der Waals surface area contributed by atoms with E-state index in [2.05, 4.69) is 9.80 Å². The first kappa shape index (κ1) is 19.4. The van der Waals surface area contributed by atoms with Gasteiger partial charge >= 0.3 is 0 Å². The number of rotatable bonds is 7. The number of aliphatic hydroxyl groups excluding tert-OH is 1. The molecule has 1 N–H and O–H groups in total. The molecule has 0 aliphatic carbocycles. The van der Waals surface area contributed by atoms with Crippen molar-refractivity contribution in [2.45, 2.75) is 6.10 Å². The molecule has 1 saturated heterocycles. The summed E-state index contributed by atoms with van der Waals surface area (Å²) in [7, 11) is 0. The highest BCUT2D eigenvalue weighted by atomic mass is 35.5. The van der Waals surface area contributed by atoms with E-state index in [4.69, 9.17) is 16.3 Å². The minimum absolute atomic E-state index is 0.0983. The van der Waals surface area contributed by atoms with Gasteiger partial charge in [0.15, 0.2) is 0 Å². The summed E-state index contributed by atoms with van der Waals surface area (Å²) in [6.07, 6.45) is -0.577. The smallest absolute Gasteiger partial charge is 0.269 e. The van der Waals surface area contributed by atoms with E-state index in [0.717, 1.165) is 31.9 Å². The molecule has 0 amide bonds. The van der Waals surface area contributed by atoms with Crippen molar-refractivity contribution in [1.82, 2.24) is 4.90 Å². The van der Waals surface area contributed by atoms with E-state index in [1.807, 2.05) is 0 Å². The predicted molar refractivity (Wildman–Crippen MR) is 105 cm³/mol. The number of nitrogens with zero attached hydrogens (tertiary/aromatic N) is 3. The highest BCUT2D eigenvalue weighted by molar-refractivity contribution is 6.30. The Morgan fingerprint density at radius 3 is 2.30 bits per heavy atom. The van der Waals surface area contributed by atoms with Crippen LogP contribution in [0, 0.1) is 10.1 Å². The van der Waals surface area contributed by atoms with Crippen LogP contribution in [0.3, 0.4) is 0 Å². The second-order valence-electron chi connectivity index (χ2n) is 6.48. The Hall–Kier alpha value is -2.35. The number of anilines is 1. The summed E-state index contributed by atoms with van der Waals surface area (Å²) in [5.74, 6) is 0.682. The van der Waals surface area contributed by atoms with Crippen LogP contribution in [-0.4, -0.2) is 60.4 Å². The van der Waals surface area contributed by atoms with Gasteiger partial charge in [-0.2, -0.15) is 0 Å². The number of β-amino-alcohol motifs (C(OH)–C–C–N with tert-alkyl or cyclic N) is 1. The third-order valence-corrected chi connectivity index (χ3v) is 4.77. The summed E-state index contributed by atoms with van der Waals surface area (Å²) in [4.78, 5) is 14.7. The standard InChI is InChI=1S/C19H22ClN3O4/c20-15-1-7-19(8-2-15)27-14-18(24)13-21-9-11-22(12-10-21)16-3-5-17(6-4-16)23(25)26/h1-8,18,24H,9-14H2. The van der Waals surface area contributed by atoms with E-state index in [1.165, 1.54) is 12.1 Å². The van der Waals surface area contributed by atoms with Crippen LogP contribution >= 0.6 is 11.6 Å². The first-order valence-electron chi connectivity index (χ1n) is 8.79. The summed E-state index contributed by atoms with van der Waals surface area (Å²) in [5, 5.41) is 21.6. The molecule has 144 valence electrons. The van der Waals surface area contributed by atoms with Gasteiger partial charge in [-0.05, 0) is 36.4 Å². The molecule has 2 aromatic rings. The zero-order valence-electron chi connectivity index (χ0n) is 14.8. The van der Waals surface area contributed by atoms with E-state index < -0.39 is 11.0 Å². The summed E-state index contributed by atoms with van der Waals surface area (Å²) < 4.78 is 5.58. The zero-order valence-corrected chi connectivity index (χ0v) is 15.6. The van der Waals surface area contributed by atoms with E-state index in [9.17, 15) is 15.2 Å². The molecule has 1 heterocycles. The molecule has 7 nitrogen and oxygen atoms in total. The van der Waals surface area contributed by atoms with Crippen molar-refractivity contribution in [2.75, 3.05) is 44.2 Å². The molecule has 2 aromatic carbocycles. The Labute approximate surface area is 162 Å². The maximum atomic E-state index is 10.7. The molecule has 1 fully saturated rings. The largest absolute Gasteiger partial charge is 0.491 e. The van der Waals surface area contributed by atoms with Crippen molar-refractivity contribution in [3.63, 3.8) is 0 Å². The zero-order chi connectivity index (χ0) is 19.2. The van der Waals surface area contributed by atoms with Gasteiger partial charge in [-0.3, -0.25) is 15.0 Å². The molecule has 27 heavy (non-hydrogen) atoms. The summed E-state index contributed by atoms with van der Waals surface area (Å²) in [6.45, 7) is 4.01. The fourth-order valence-electron chi connectivity index (χ4n) is 3.05. The van der Waals surface area contributed by atoms with Crippen LogP contribution in [0.5, 0.6) is 5.75 Å². The van der Waals surface area contributed by atoms with E-state index in [1.54, 1.807) is 36.4 Å². The van der Waals surface area contributed by atoms with Crippen molar-refractivity contribution >= 4 is 23.0 Å². The van der Waals surface area contributed by atoms with Crippen molar-refractivity contribution in [2.24, 2.45) is 0 Å². The van der Waals surface area contributed by atoms with Crippen molar-refractivity contribution in [3.8, 4) is 5.75 Å². The van der Waals surface area contributed by atoms with Gasteiger partial charge in [0.1, 0.15) is 18.5 Å². The van der Waals surface area contributed by atoms with Gasteiger partial charge in [-0.25, -0.2) is 0 Å². The molecule has 0 aromatic heterocycles. The summed E-state index contributed by atoms with van der Waals surface area (Å²) in [6, 6.07) is 13.7. The normalized spacial score (nSPS) is 16.1. The molecule has 0 spiro atoms. The minimum atomic E-state index is -0.577. The average molecular weight is 392 g/mol. The molecule has 8 heteroatoms. The number of nitro groups is 1. The monoisotopic (exact) mass is 391 g/mol. The Bertz CT molecular complexity index is 747. The van der Waals surface area contributed by atoms with Gasteiger partial charge < -0.3 is 14.7 Å². The first-order valence-corrected chi connectivity index (χ1v) is 9.17. The number of non-ortho nitro benzene ring substituents is 1. The highest BCUT2D eigenvalue weighted by Gasteiger charge is 2.20. The summed E-state index contributed by atoms with van der Waals surface area (Å²) in [5.41, 5.74) is 1.08. The number of halogens is 1. The Morgan fingerprint density at radius 2 is 1.70 bits per heavy atom. The van der Waals surface area contributed by atoms with Crippen LogP contribution in [0.15, 0.2) is 48.5 Å². The number of nitro benzene ring substituents is 1. The third-order valence-electron chi connectivity index (χ3n) is 4.52. The van der Waals surface area contributed by atoms with Gasteiger partial charge in [0.2, 0.25) is 0 Å². The molecule has 1 atom stereocenters. The van der Waals surface area contributed by atoms with E-state index in [0.29, 0.717) is 17.3 Å². The van der Waals surface area contributed by atoms with Crippen molar-refractivity contribution in [3.05, 3.63) is 63.7 Å². The lowest BCUT2D eigenvalue weighted by molar-refractivity contribution is -0.384. The molecule has 1 aliphatic rings. The molecule has 0 radical (unpaired) electrons. The topological polar surface area (TPSA) is 79.1 Å². The second-order valence-corrected chi connectivity index (χ2v) is 6.92. The number of hydrogen-bond acceptors (Lipinski definition) is 6. The predicted octanol–water partition coefficient (Wildman–Crippen LogP) is 2.81. The maximum absolute atomic E-state index is 10.7. The third kappa shape index (κ3) is 5.56. The second kappa shape index (κ2) is 9.03. The minimum Gasteiger partial charge on any atom is -0.491 e. The molecular weight excluding hydrogens is 370 g/mol. The number of aliphatic hydroxyl groups is 1. The molecule has 1 aliphatic heterocycles. The number of benzene rings is 2. The first-order chi connectivity index (χ1) is 13.0.